The molecule has 1 aliphatic carbocycles. The average Bonchev–Trinajstić information content (AvgIpc) is 3.78. The van der Waals surface area contributed by atoms with Gasteiger partial charge in [0.15, 0.2) is 11.4 Å². The van der Waals surface area contributed by atoms with Crippen molar-refractivity contribution in [3.63, 3.8) is 0 Å². The second-order valence-corrected chi connectivity index (χ2v) is 20.8. The number of amides is 1. The maximum absolute atomic E-state index is 14.4. The molecule has 0 bridgehead atoms. The number of hydrogen-bond acceptors (Lipinski definition) is 13. The van der Waals surface area contributed by atoms with Crippen LogP contribution in [0.2, 0.25) is 5.02 Å². The number of pyridine rings is 1. The number of benzene rings is 3. The number of carbonyl (C=O) groups is 1. The minimum absolute atomic E-state index is 0.0281. The van der Waals surface area contributed by atoms with Crippen molar-refractivity contribution in [3.05, 3.63) is 105 Å². The Balaban J connectivity index is 0.926. The number of ether oxygens (including phenoxy) is 3. The van der Waals surface area contributed by atoms with Gasteiger partial charge in [0.25, 0.3) is 21.6 Å². The largest absolute Gasteiger partial charge is 0.489 e. The van der Waals surface area contributed by atoms with E-state index in [0.29, 0.717) is 42.7 Å². The van der Waals surface area contributed by atoms with E-state index in [1.807, 2.05) is 41.3 Å². The molecule has 3 aromatic carbocycles. The highest BCUT2D eigenvalue weighted by molar-refractivity contribution is 7.90. The van der Waals surface area contributed by atoms with Crippen molar-refractivity contribution in [1.29, 1.82) is 0 Å². The molecule has 0 radical (unpaired) electrons. The molecule has 4 aliphatic heterocycles. The Labute approximate surface area is 388 Å². The topological polar surface area (TPSA) is 184 Å². The van der Waals surface area contributed by atoms with E-state index in [4.69, 9.17) is 30.8 Å². The Morgan fingerprint density at radius 1 is 0.970 bits per heavy atom. The van der Waals surface area contributed by atoms with Crippen LogP contribution in [0.4, 0.5) is 28.4 Å². The first-order chi connectivity index (χ1) is 31.8. The average molecular weight is 938 g/mol. The molecule has 10 rings (SSSR count). The highest BCUT2D eigenvalue weighted by atomic mass is 35.5. The predicted octanol–water partition coefficient (Wildman–Crippen LogP) is 8.16. The van der Waals surface area contributed by atoms with Gasteiger partial charge in [0.05, 0.1) is 33.7 Å². The van der Waals surface area contributed by atoms with Crippen molar-refractivity contribution in [1.82, 2.24) is 19.6 Å². The molecule has 5 aliphatic rings. The number of anilines is 4. The van der Waals surface area contributed by atoms with Crippen LogP contribution < -0.4 is 29.3 Å². The minimum atomic E-state index is -4.65. The molecule has 2 fully saturated rings. The van der Waals surface area contributed by atoms with E-state index in [2.05, 4.69) is 50.8 Å². The lowest BCUT2D eigenvalue weighted by Crippen LogP contribution is -2.47. The number of aromatic amines is 1. The molecular weight excluding hydrogens is 884 g/mol. The van der Waals surface area contributed by atoms with E-state index in [1.165, 1.54) is 22.8 Å². The number of nitrogens with zero attached hydrogens (tertiary/aromatic N) is 5. The Hall–Kier alpha value is -5.88. The van der Waals surface area contributed by atoms with Crippen LogP contribution in [0.5, 0.6) is 11.6 Å². The first-order valence-electron chi connectivity index (χ1n) is 22.6. The molecule has 1 atom stereocenters. The van der Waals surface area contributed by atoms with Gasteiger partial charge < -0.3 is 34.3 Å². The summed E-state index contributed by atoms with van der Waals surface area (Å²) in [6.45, 7) is 10.7. The van der Waals surface area contributed by atoms with Gasteiger partial charge in [-0.2, -0.15) is 4.98 Å². The maximum Gasteiger partial charge on any atom is 0.297 e. The lowest BCUT2D eigenvalue weighted by Gasteiger charge is -2.39. The lowest BCUT2D eigenvalue weighted by atomic mass is 9.72. The summed E-state index contributed by atoms with van der Waals surface area (Å²) in [4.78, 5) is 40.3. The summed E-state index contributed by atoms with van der Waals surface area (Å²) in [6.07, 6.45) is 6.53. The monoisotopic (exact) mass is 936 g/mol. The van der Waals surface area contributed by atoms with E-state index < -0.39 is 31.4 Å². The summed E-state index contributed by atoms with van der Waals surface area (Å²) in [5, 5.41) is 17.2. The number of allylic oxidation sites excluding steroid dienone is 1. The number of hydrogen-bond donors (Lipinski definition) is 3. The van der Waals surface area contributed by atoms with Gasteiger partial charge in [0.2, 0.25) is 5.88 Å². The molecule has 6 heterocycles. The zero-order chi connectivity index (χ0) is 45.7. The van der Waals surface area contributed by atoms with Crippen LogP contribution in [0.15, 0.2) is 83.4 Å². The van der Waals surface area contributed by atoms with Crippen LogP contribution in [0.25, 0.3) is 16.6 Å². The third kappa shape index (κ3) is 8.88. The Bertz CT molecular complexity index is 2840. The van der Waals surface area contributed by atoms with Crippen molar-refractivity contribution in [2.24, 2.45) is 11.3 Å². The number of nitrogens with one attached hydrogen (secondary N) is 3. The molecule has 16 nitrogen and oxygen atoms in total. The summed E-state index contributed by atoms with van der Waals surface area (Å²) in [5.41, 5.74) is 6.70. The normalized spacial score (nSPS) is 20.2. The first kappa shape index (κ1) is 44.0. The Morgan fingerprint density at radius 2 is 1.76 bits per heavy atom. The van der Waals surface area contributed by atoms with Crippen LogP contribution in [0, 0.1) is 21.4 Å². The number of carbonyl (C=O) groups excluding carboxylic acids is 1. The molecule has 66 heavy (non-hydrogen) atoms. The summed E-state index contributed by atoms with van der Waals surface area (Å²) >= 11 is 6.27. The molecule has 346 valence electrons. The summed E-state index contributed by atoms with van der Waals surface area (Å²) in [7, 11) is -4.65. The van der Waals surface area contributed by atoms with E-state index >= 15 is 0 Å². The first-order valence-corrected chi connectivity index (χ1v) is 24.5. The van der Waals surface area contributed by atoms with Crippen LogP contribution in [0.3, 0.4) is 0 Å². The van der Waals surface area contributed by atoms with Crippen LogP contribution in [-0.2, 0) is 14.8 Å². The Kier molecular flexibility index (Phi) is 11.8. The molecule has 18 heteroatoms. The molecule has 1 amide bonds. The molecule has 5 aromatic rings. The van der Waals surface area contributed by atoms with Gasteiger partial charge in [-0.15, -0.1) is 0 Å². The van der Waals surface area contributed by atoms with Gasteiger partial charge in [-0.3, -0.25) is 19.8 Å². The van der Waals surface area contributed by atoms with E-state index in [-0.39, 0.29) is 47.6 Å². The second-order valence-electron chi connectivity index (χ2n) is 18.6. The highest BCUT2D eigenvalue weighted by Crippen LogP contribution is 2.45. The summed E-state index contributed by atoms with van der Waals surface area (Å²) in [5.74, 6) is -0.318. The smallest absolute Gasteiger partial charge is 0.297 e. The third-order valence-corrected chi connectivity index (χ3v) is 15.3. The van der Waals surface area contributed by atoms with Gasteiger partial charge in [0, 0.05) is 80.4 Å². The van der Waals surface area contributed by atoms with Crippen molar-refractivity contribution < 1.29 is 32.3 Å². The highest BCUT2D eigenvalue weighted by Gasteiger charge is 2.36. The Morgan fingerprint density at radius 3 is 2.53 bits per heavy atom. The summed E-state index contributed by atoms with van der Waals surface area (Å²) in [6, 6.07) is 19.4. The number of fused-ring (bicyclic) bond motifs is 3. The fraction of sp³-hybridized carbons (Fsp3) is 0.417. The molecule has 3 N–H and O–H groups in total. The number of sulfonamides is 1. The lowest BCUT2D eigenvalue weighted by molar-refractivity contribution is -0.384. The molecule has 0 spiro atoms. The van der Waals surface area contributed by atoms with Crippen LogP contribution in [0.1, 0.15) is 61.9 Å². The van der Waals surface area contributed by atoms with Crippen LogP contribution >= 0.6 is 11.6 Å². The van der Waals surface area contributed by atoms with Crippen LogP contribution in [-0.4, -0.2) is 106 Å². The standard InChI is InChI=1S/C48H53ClN8O8S/c1-48(2)13-9-33(38(27-48)30-3-5-34(49)6-4-30)28-54-15-17-55(18-16-54)35-7-8-37(40(24-35)56-19-22-64-47-42(56)23-32-10-14-50-45(32)52-47)46(58)53-66(61,62)36-25-41(57(59)60)44-43(26-36)65-29-39(51-44)31-11-20-63-21-12-31/h3-8,10,14,23-26,31,39,51H,9,11-13,15-22,27-29H2,1-2H3,(H,50,52)(H,53,58). The number of aromatic nitrogens is 2. The molecule has 2 aromatic heterocycles. The zero-order valence-electron chi connectivity index (χ0n) is 37.0. The second kappa shape index (κ2) is 17.7. The number of nitro benzene ring substituents is 1. The summed E-state index contributed by atoms with van der Waals surface area (Å²) < 4.78 is 47.9. The van der Waals surface area contributed by atoms with Gasteiger partial charge in [-0.05, 0) is 97.0 Å². The number of rotatable bonds is 10. The van der Waals surface area contributed by atoms with Gasteiger partial charge >= 0.3 is 0 Å². The molecule has 1 unspecified atom stereocenters. The quantitative estimate of drug-likeness (QED) is 0.0901. The van der Waals surface area contributed by atoms with Crippen molar-refractivity contribution in [3.8, 4) is 11.6 Å². The van der Waals surface area contributed by atoms with Crippen molar-refractivity contribution in [2.75, 3.05) is 80.8 Å². The third-order valence-electron chi connectivity index (χ3n) is 13.7. The van der Waals surface area contributed by atoms with E-state index in [0.717, 1.165) is 87.0 Å². The number of nitro groups is 1. The van der Waals surface area contributed by atoms with Crippen molar-refractivity contribution >= 4 is 72.6 Å². The number of piperazine rings is 1. The fourth-order valence-corrected chi connectivity index (χ4v) is 11.2. The number of H-pyrrole nitrogens is 1. The SMILES string of the molecule is CC1(C)CCC(CN2CCN(c3ccc(C(=O)NS(=O)(=O)c4cc5c(c([N+](=O)[O-])c4)NC(C4CCOCC4)CO5)c(N4CCOc5nc6[nH]ccc6cc54)c3)CC2)=C(c2ccc(Cl)cc2)C1. The zero-order valence-corrected chi connectivity index (χ0v) is 38.6. The van der Waals surface area contributed by atoms with Gasteiger partial charge in [0.1, 0.15) is 24.5 Å². The predicted molar refractivity (Wildman–Crippen MR) is 254 cm³/mol. The minimum Gasteiger partial charge on any atom is -0.489 e. The van der Waals surface area contributed by atoms with Crippen molar-refractivity contribution in [2.45, 2.75) is 56.9 Å². The maximum atomic E-state index is 14.4. The van der Waals surface area contributed by atoms with Gasteiger partial charge in [-0.25, -0.2) is 13.1 Å². The van der Waals surface area contributed by atoms with Gasteiger partial charge in [-0.1, -0.05) is 43.2 Å². The molecule has 0 saturated carbocycles. The number of halogens is 1. The molecule has 2 saturated heterocycles. The van der Waals surface area contributed by atoms with E-state index in [1.54, 1.807) is 12.3 Å². The fourth-order valence-electron chi connectivity index (χ4n) is 10.0. The molecular formula is C48H53ClN8O8S. The van der Waals surface area contributed by atoms with E-state index in [9.17, 15) is 23.3 Å².